The Kier molecular flexibility index (Phi) is 5.28. The van der Waals surface area contributed by atoms with E-state index in [0.29, 0.717) is 17.9 Å². The maximum Gasteiger partial charge on any atom is 0.131 e. The third-order valence-electron chi connectivity index (χ3n) is 3.45. The highest BCUT2D eigenvalue weighted by molar-refractivity contribution is 5.30. The summed E-state index contributed by atoms with van der Waals surface area (Å²) in [6.45, 7) is 2.60. The fourth-order valence-corrected chi connectivity index (χ4v) is 2.18. The lowest BCUT2D eigenvalue weighted by molar-refractivity contribution is 0.409. The lowest BCUT2D eigenvalue weighted by Crippen LogP contribution is -2.22. The molecule has 0 saturated heterocycles. The molecule has 0 bridgehead atoms. The van der Waals surface area contributed by atoms with Crippen LogP contribution in [-0.4, -0.2) is 13.7 Å². The van der Waals surface area contributed by atoms with Crippen LogP contribution in [-0.2, 0) is 6.42 Å². The zero-order valence-electron chi connectivity index (χ0n) is 12.2. The molecule has 1 unspecified atom stereocenters. The average molecular weight is 291 g/mol. The Morgan fingerprint density at radius 2 is 1.81 bits per heavy atom. The quantitative estimate of drug-likeness (QED) is 0.872. The monoisotopic (exact) mass is 291 g/mol. The number of ether oxygens (including phenoxy) is 1. The van der Waals surface area contributed by atoms with Crippen molar-refractivity contribution in [2.45, 2.75) is 19.4 Å². The summed E-state index contributed by atoms with van der Waals surface area (Å²) in [7, 11) is 1.51. The number of hydrogen-bond donors (Lipinski definition) is 1. The van der Waals surface area contributed by atoms with E-state index in [1.807, 2.05) is 6.92 Å². The SMILES string of the molecule is COc1ccc(C(C)NCCc2ccc(F)cc2)c(F)c1. The van der Waals surface area contributed by atoms with E-state index in [1.165, 1.54) is 25.3 Å². The van der Waals surface area contributed by atoms with Crippen LogP contribution in [0.3, 0.4) is 0 Å². The van der Waals surface area contributed by atoms with Gasteiger partial charge in [0.15, 0.2) is 0 Å². The van der Waals surface area contributed by atoms with Gasteiger partial charge in [-0.2, -0.15) is 0 Å². The van der Waals surface area contributed by atoms with Crippen LogP contribution in [0.25, 0.3) is 0 Å². The lowest BCUT2D eigenvalue weighted by Gasteiger charge is -2.15. The first-order chi connectivity index (χ1) is 10.1. The minimum absolute atomic E-state index is 0.101. The summed E-state index contributed by atoms with van der Waals surface area (Å²) in [6, 6.07) is 11.2. The number of rotatable bonds is 6. The number of halogens is 2. The largest absolute Gasteiger partial charge is 0.497 e. The molecule has 0 fully saturated rings. The molecule has 0 spiro atoms. The first-order valence-electron chi connectivity index (χ1n) is 6.91. The highest BCUT2D eigenvalue weighted by atomic mass is 19.1. The van der Waals surface area contributed by atoms with Gasteiger partial charge in [-0.05, 0) is 43.7 Å². The van der Waals surface area contributed by atoms with Gasteiger partial charge in [-0.25, -0.2) is 8.78 Å². The molecule has 0 aliphatic heterocycles. The van der Waals surface area contributed by atoms with Gasteiger partial charge in [0.1, 0.15) is 17.4 Å². The molecule has 4 heteroatoms. The molecule has 0 heterocycles. The smallest absolute Gasteiger partial charge is 0.131 e. The van der Waals surface area contributed by atoms with E-state index >= 15 is 0 Å². The van der Waals surface area contributed by atoms with Crippen LogP contribution in [0.2, 0.25) is 0 Å². The van der Waals surface area contributed by atoms with E-state index in [9.17, 15) is 8.78 Å². The van der Waals surface area contributed by atoms with Gasteiger partial charge in [0, 0.05) is 17.7 Å². The van der Waals surface area contributed by atoms with Crippen molar-refractivity contribution < 1.29 is 13.5 Å². The van der Waals surface area contributed by atoms with Gasteiger partial charge in [-0.1, -0.05) is 18.2 Å². The molecule has 21 heavy (non-hydrogen) atoms. The number of benzene rings is 2. The molecular formula is C17H19F2NO. The fraction of sp³-hybridized carbons (Fsp3) is 0.294. The second-order valence-corrected chi connectivity index (χ2v) is 4.94. The Morgan fingerprint density at radius 3 is 2.43 bits per heavy atom. The van der Waals surface area contributed by atoms with Crippen molar-refractivity contribution in [3.63, 3.8) is 0 Å². The molecular weight excluding hydrogens is 272 g/mol. The molecule has 0 aliphatic rings. The maximum atomic E-state index is 13.9. The third-order valence-corrected chi connectivity index (χ3v) is 3.45. The summed E-state index contributed by atoms with van der Waals surface area (Å²) in [4.78, 5) is 0. The first-order valence-corrected chi connectivity index (χ1v) is 6.91. The van der Waals surface area contributed by atoms with Gasteiger partial charge in [-0.15, -0.1) is 0 Å². The normalized spacial score (nSPS) is 12.2. The fourth-order valence-electron chi connectivity index (χ4n) is 2.18. The number of methoxy groups -OCH3 is 1. The van der Waals surface area contributed by atoms with Crippen molar-refractivity contribution in [2.24, 2.45) is 0 Å². The van der Waals surface area contributed by atoms with Crippen LogP contribution in [0.4, 0.5) is 8.78 Å². The lowest BCUT2D eigenvalue weighted by atomic mass is 10.1. The van der Waals surface area contributed by atoms with Crippen molar-refractivity contribution in [3.8, 4) is 5.75 Å². The molecule has 2 nitrogen and oxygen atoms in total. The molecule has 1 atom stereocenters. The molecule has 0 aliphatic carbocycles. The van der Waals surface area contributed by atoms with Crippen molar-refractivity contribution in [3.05, 3.63) is 65.2 Å². The van der Waals surface area contributed by atoms with Gasteiger partial charge in [0.25, 0.3) is 0 Å². The highest BCUT2D eigenvalue weighted by Gasteiger charge is 2.11. The molecule has 2 aromatic rings. The van der Waals surface area contributed by atoms with Crippen molar-refractivity contribution in [1.82, 2.24) is 5.32 Å². The van der Waals surface area contributed by atoms with Crippen LogP contribution in [0.5, 0.6) is 5.75 Å². The summed E-state index contributed by atoms with van der Waals surface area (Å²) in [5, 5.41) is 3.27. The molecule has 1 N–H and O–H groups in total. The van der Waals surface area contributed by atoms with Crippen LogP contribution in [0.1, 0.15) is 24.1 Å². The van der Waals surface area contributed by atoms with E-state index in [4.69, 9.17) is 4.74 Å². The number of hydrogen-bond acceptors (Lipinski definition) is 2. The molecule has 2 rings (SSSR count). The maximum absolute atomic E-state index is 13.9. The van der Waals surface area contributed by atoms with Crippen molar-refractivity contribution in [1.29, 1.82) is 0 Å². The molecule has 0 saturated carbocycles. The molecule has 0 aromatic heterocycles. The summed E-state index contributed by atoms with van der Waals surface area (Å²) in [5.41, 5.74) is 1.65. The molecule has 0 amide bonds. The van der Waals surface area contributed by atoms with Gasteiger partial charge in [0.05, 0.1) is 7.11 Å². The van der Waals surface area contributed by atoms with Crippen LogP contribution in [0, 0.1) is 11.6 Å². The van der Waals surface area contributed by atoms with Crippen LogP contribution < -0.4 is 10.1 Å². The third kappa shape index (κ3) is 4.26. The van der Waals surface area contributed by atoms with Crippen LogP contribution in [0.15, 0.2) is 42.5 Å². The first kappa shape index (κ1) is 15.4. The van der Waals surface area contributed by atoms with E-state index in [-0.39, 0.29) is 17.7 Å². The van der Waals surface area contributed by atoms with Gasteiger partial charge < -0.3 is 10.1 Å². The minimum atomic E-state index is -0.281. The van der Waals surface area contributed by atoms with Gasteiger partial charge in [-0.3, -0.25) is 0 Å². The molecule has 0 radical (unpaired) electrons. The second-order valence-electron chi connectivity index (χ2n) is 4.94. The Bertz CT molecular complexity index is 584. The van der Waals surface area contributed by atoms with E-state index in [2.05, 4.69) is 5.32 Å². The Balaban J connectivity index is 1.89. The van der Waals surface area contributed by atoms with Gasteiger partial charge >= 0.3 is 0 Å². The summed E-state index contributed by atoms with van der Waals surface area (Å²) < 4.78 is 31.7. The Hall–Kier alpha value is -1.94. The van der Waals surface area contributed by atoms with Crippen molar-refractivity contribution >= 4 is 0 Å². The van der Waals surface area contributed by atoms with Crippen LogP contribution >= 0.6 is 0 Å². The Labute approximate surface area is 123 Å². The average Bonchev–Trinajstić information content (AvgIpc) is 2.49. The number of nitrogens with one attached hydrogen (secondary N) is 1. The highest BCUT2D eigenvalue weighted by Crippen LogP contribution is 2.21. The van der Waals surface area contributed by atoms with Crippen molar-refractivity contribution in [2.75, 3.05) is 13.7 Å². The zero-order chi connectivity index (χ0) is 15.2. The van der Waals surface area contributed by atoms with E-state index < -0.39 is 0 Å². The summed E-state index contributed by atoms with van der Waals surface area (Å²) >= 11 is 0. The van der Waals surface area contributed by atoms with E-state index in [0.717, 1.165) is 12.0 Å². The summed E-state index contributed by atoms with van der Waals surface area (Å²) in [5.74, 6) is -0.00808. The van der Waals surface area contributed by atoms with Gasteiger partial charge in [0.2, 0.25) is 0 Å². The van der Waals surface area contributed by atoms with E-state index in [1.54, 1.807) is 24.3 Å². The molecule has 2 aromatic carbocycles. The predicted molar refractivity (Wildman–Crippen MR) is 79.5 cm³/mol. The Morgan fingerprint density at radius 1 is 1.10 bits per heavy atom. The second kappa shape index (κ2) is 7.18. The standard InChI is InChI=1S/C17H19F2NO/c1-12(16-8-7-15(21-2)11-17(16)19)20-10-9-13-3-5-14(18)6-4-13/h3-8,11-12,20H,9-10H2,1-2H3. The minimum Gasteiger partial charge on any atom is -0.497 e. The zero-order valence-corrected chi connectivity index (χ0v) is 12.2. The molecule has 112 valence electrons. The summed E-state index contributed by atoms with van der Waals surface area (Å²) in [6.07, 6.45) is 0.766. The predicted octanol–water partition coefficient (Wildman–Crippen LogP) is 3.87. The topological polar surface area (TPSA) is 21.3 Å².